The molecule has 0 aromatic carbocycles. The molecule has 0 aromatic heterocycles. The maximum Gasteiger partial charge on any atom is 0.302 e. The van der Waals surface area contributed by atoms with Crippen molar-refractivity contribution in [3.63, 3.8) is 0 Å². The fourth-order valence-electron chi connectivity index (χ4n) is 9.31. The number of ether oxygens (including phenoxy) is 1. The Kier molecular flexibility index (Phi) is 7.45. The molecule has 4 fully saturated rings. The number of Topliss-reactive ketones (excluding diaryl/α,β-unsaturated/α-hetero) is 1. The second-order valence-corrected chi connectivity index (χ2v) is 14.9. The first-order chi connectivity index (χ1) is 15.8. The van der Waals surface area contributed by atoms with Gasteiger partial charge in [-0.3, -0.25) is 9.59 Å². The Morgan fingerprint density at radius 1 is 1.03 bits per heavy atom. The zero-order chi connectivity index (χ0) is 25.1. The summed E-state index contributed by atoms with van der Waals surface area (Å²) in [5.74, 6) is 4.72. The lowest BCUT2D eigenvalue weighted by Crippen LogP contribution is -2.67. The monoisotopic (exact) mass is 536 g/mol. The number of hydrogen-bond acceptors (Lipinski definition) is 3. The Hall–Kier alpha value is -0.380. The second kappa shape index (κ2) is 9.49. The van der Waals surface area contributed by atoms with Gasteiger partial charge in [0, 0.05) is 13.3 Å². The highest BCUT2D eigenvalue weighted by Gasteiger charge is 2.70. The lowest BCUT2D eigenvalue weighted by atomic mass is 9.44. The van der Waals surface area contributed by atoms with Crippen LogP contribution in [0, 0.1) is 52.3 Å². The summed E-state index contributed by atoms with van der Waals surface area (Å²) >= 11 is 4.23. The zero-order valence-electron chi connectivity index (χ0n) is 22.8. The van der Waals surface area contributed by atoms with E-state index in [2.05, 4.69) is 57.5 Å². The largest absolute Gasteiger partial charge is 0.463 e. The Bertz CT molecular complexity index is 794. The van der Waals surface area contributed by atoms with Gasteiger partial charge in [0.25, 0.3) is 0 Å². The van der Waals surface area contributed by atoms with Crippen LogP contribution in [0.25, 0.3) is 0 Å². The average molecular weight is 538 g/mol. The van der Waals surface area contributed by atoms with Crippen molar-refractivity contribution in [2.24, 2.45) is 52.3 Å². The van der Waals surface area contributed by atoms with Gasteiger partial charge in [-0.25, -0.2) is 0 Å². The predicted octanol–water partition coefficient (Wildman–Crippen LogP) is 7.98. The van der Waals surface area contributed by atoms with Crippen LogP contribution in [-0.2, 0) is 14.3 Å². The number of carbonyl (C=O) groups excluding carboxylic acids is 2. The summed E-state index contributed by atoms with van der Waals surface area (Å²) in [6, 6.07) is 0. The molecule has 0 spiro atoms. The van der Waals surface area contributed by atoms with Gasteiger partial charge in [0.15, 0.2) is 5.78 Å². The van der Waals surface area contributed by atoms with Gasteiger partial charge in [-0.15, -0.1) is 0 Å². The van der Waals surface area contributed by atoms with Crippen LogP contribution >= 0.6 is 15.9 Å². The van der Waals surface area contributed by atoms with Crippen molar-refractivity contribution in [1.29, 1.82) is 0 Å². The van der Waals surface area contributed by atoms with Crippen molar-refractivity contribution in [2.45, 2.75) is 123 Å². The molecule has 4 aliphatic carbocycles. The lowest BCUT2D eigenvalue weighted by Gasteiger charge is -2.64. The Morgan fingerprint density at radius 2 is 1.71 bits per heavy atom. The van der Waals surface area contributed by atoms with Crippen LogP contribution in [0.3, 0.4) is 0 Å². The molecule has 0 aromatic rings. The number of carbonyl (C=O) groups is 2. The van der Waals surface area contributed by atoms with Crippen LogP contribution in [0.2, 0.25) is 0 Å². The topological polar surface area (TPSA) is 43.4 Å². The normalized spacial score (nSPS) is 45.8. The summed E-state index contributed by atoms with van der Waals surface area (Å²) < 4.78 is 5.22. The molecular weight excluding hydrogens is 488 g/mol. The van der Waals surface area contributed by atoms with E-state index in [1.165, 1.54) is 32.6 Å². The molecule has 0 bridgehead atoms. The minimum absolute atomic E-state index is 0.0251. The first-order valence-electron chi connectivity index (χ1n) is 14.2. The molecule has 4 aliphatic rings. The van der Waals surface area contributed by atoms with E-state index < -0.39 is 4.32 Å². The van der Waals surface area contributed by atoms with Crippen LogP contribution in [0.15, 0.2) is 0 Å². The highest BCUT2D eigenvalue weighted by Crippen LogP contribution is 2.71. The fraction of sp³-hybridized carbons (Fsp3) is 0.933. The number of esters is 1. The molecule has 0 saturated heterocycles. The zero-order valence-corrected chi connectivity index (χ0v) is 24.4. The Balaban J connectivity index is 1.54. The third-order valence-corrected chi connectivity index (χ3v) is 13.7. The van der Waals surface area contributed by atoms with Gasteiger partial charge in [0.2, 0.25) is 0 Å². The van der Waals surface area contributed by atoms with Gasteiger partial charge in [0.1, 0.15) is 6.10 Å². The maximum absolute atomic E-state index is 14.2. The number of ketones is 1. The standard InChI is InChI=1S/C30H49BrO3/c1-18(2)19(3)8-9-20(4)24-12-13-25-26-11-10-22-16-23(34-21(5)32)14-15-29(22,7)30(26,31)27(33)17-28(24,25)6/h18-20,22-26H,8-17H2,1-7H3/t19-,20+,22?,23-,24+,25-,26-,28+,29-,30-/m0/s1. The molecule has 0 heterocycles. The van der Waals surface area contributed by atoms with E-state index in [4.69, 9.17) is 4.74 Å². The maximum atomic E-state index is 14.2. The van der Waals surface area contributed by atoms with Crippen LogP contribution in [-0.4, -0.2) is 22.2 Å². The third-order valence-electron chi connectivity index (χ3n) is 11.8. The average Bonchev–Trinajstić information content (AvgIpc) is 3.09. The molecule has 4 rings (SSSR count). The van der Waals surface area contributed by atoms with Crippen LogP contribution < -0.4 is 0 Å². The molecule has 0 radical (unpaired) electrons. The van der Waals surface area contributed by atoms with Crippen molar-refractivity contribution in [1.82, 2.24) is 0 Å². The molecule has 34 heavy (non-hydrogen) atoms. The van der Waals surface area contributed by atoms with Crippen LogP contribution in [0.5, 0.6) is 0 Å². The van der Waals surface area contributed by atoms with E-state index in [1.54, 1.807) is 0 Å². The summed E-state index contributed by atoms with van der Waals surface area (Å²) in [6.07, 6.45) is 11.0. The molecule has 0 amide bonds. The van der Waals surface area contributed by atoms with E-state index in [0.717, 1.165) is 50.4 Å². The quantitative estimate of drug-likeness (QED) is 0.255. The van der Waals surface area contributed by atoms with Gasteiger partial charge in [0.05, 0.1) is 4.32 Å². The fourth-order valence-corrected chi connectivity index (χ4v) is 10.5. The van der Waals surface area contributed by atoms with E-state index in [0.29, 0.717) is 35.4 Å². The number of alkyl halides is 1. The van der Waals surface area contributed by atoms with Crippen molar-refractivity contribution >= 4 is 27.7 Å². The smallest absolute Gasteiger partial charge is 0.302 e. The predicted molar refractivity (Wildman–Crippen MR) is 142 cm³/mol. The highest BCUT2D eigenvalue weighted by atomic mass is 79.9. The Morgan fingerprint density at radius 3 is 2.35 bits per heavy atom. The summed E-state index contributed by atoms with van der Waals surface area (Å²) in [6.45, 7) is 15.9. The van der Waals surface area contributed by atoms with Gasteiger partial charge in [-0.05, 0) is 97.2 Å². The first-order valence-corrected chi connectivity index (χ1v) is 15.0. The molecule has 3 nitrogen and oxygen atoms in total. The van der Waals surface area contributed by atoms with Crippen molar-refractivity contribution < 1.29 is 14.3 Å². The lowest BCUT2D eigenvalue weighted by molar-refractivity contribution is -0.163. The molecule has 194 valence electrons. The molecule has 4 heteroatoms. The SMILES string of the molecule is CC(=O)O[C@H]1CC[C@@]2(C)C(CC[C@H]3[C@@H]4CC[C@H]([C@H](C)CC[C@H](C)C(C)C)[C@@]4(C)CC(=O)[C@@]32Br)C1. The van der Waals surface area contributed by atoms with Gasteiger partial charge < -0.3 is 4.74 Å². The number of rotatable bonds is 6. The Labute approximate surface area is 217 Å². The number of halogens is 1. The van der Waals surface area contributed by atoms with Gasteiger partial charge >= 0.3 is 5.97 Å². The van der Waals surface area contributed by atoms with Crippen molar-refractivity contribution in [3.8, 4) is 0 Å². The first kappa shape index (κ1) is 26.7. The minimum Gasteiger partial charge on any atom is -0.463 e. The van der Waals surface area contributed by atoms with Gasteiger partial charge in [-0.2, -0.15) is 0 Å². The summed E-state index contributed by atoms with van der Waals surface area (Å²) in [5.41, 5.74) is 0.110. The molecule has 0 aliphatic heterocycles. The van der Waals surface area contributed by atoms with Crippen LogP contribution in [0.1, 0.15) is 113 Å². The van der Waals surface area contributed by atoms with E-state index in [1.807, 2.05) is 0 Å². The van der Waals surface area contributed by atoms with E-state index in [-0.39, 0.29) is 22.9 Å². The second-order valence-electron chi connectivity index (χ2n) is 13.7. The molecule has 10 atom stereocenters. The molecule has 0 N–H and O–H groups in total. The minimum atomic E-state index is -0.404. The molecule has 4 saturated carbocycles. The van der Waals surface area contributed by atoms with E-state index >= 15 is 0 Å². The summed E-state index contributed by atoms with van der Waals surface area (Å²) in [4.78, 5) is 25.8. The summed E-state index contributed by atoms with van der Waals surface area (Å²) in [5, 5.41) is 0. The van der Waals surface area contributed by atoms with Gasteiger partial charge in [-0.1, -0.05) is 70.3 Å². The molecule has 1 unspecified atom stereocenters. The third kappa shape index (κ3) is 4.14. The van der Waals surface area contributed by atoms with Crippen molar-refractivity contribution in [3.05, 3.63) is 0 Å². The number of hydrogen-bond donors (Lipinski definition) is 0. The molecular formula is C30H49BrO3. The summed E-state index contributed by atoms with van der Waals surface area (Å²) in [7, 11) is 0. The van der Waals surface area contributed by atoms with E-state index in [9.17, 15) is 9.59 Å². The number of fused-ring (bicyclic) bond motifs is 5. The van der Waals surface area contributed by atoms with Crippen LogP contribution in [0.4, 0.5) is 0 Å². The highest BCUT2D eigenvalue weighted by molar-refractivity contribution is 9.10. The van der Waals surface area contributed by atoms with Crippen molar-refractivity contribution in [2.75, 3.05) is 0 Å².